The molecule has 0 atom stereocenters. The molecule has 0 aliphatic rings. The minimum atomic E-state index is -0.324. The quantitative estimate of drug-likeness (QED) is 0.443. The van der Waals surface area contributed by atoms with Gasteiger partial charge >= 0.3 is 0 Å². The molecule has 0 fully saturated rings. The van der Waals surface area contributed by atoms with E-state index in [0.717, 1.165) is 22.4 Å². The Labute approximate surface area is 185 Å². The fourth-order valence-corrected chi connectivity index (χ4v) is 3.22. The van der Waals surface area contributed by atoms with Gasteiger partial charge in [-0.15, -0.1) is 0 Å². The van der Waals surface area contributed by atoms with Crippen molar-refractivity contribution in [1.29, 1.82) is 0 Å². The Hall–Kier alpha value is -3.64. The van der Waals surface area contributed by atoms with Gasteiger partial charge in [-0.05, 0) is 29.3 Å². The lowest BCUT2D eigenvalue weighted by Crippen LogP contribution is -2.24. The van der Waals surface area contributed by atoms with Gasteiger partial charge in [-0.2, -0.15) is 5.10 Å². The molecule has 0 spiro atoms. The molecule has 0 unspecified atom stereocenters. The van der Waals surface area contributed by atoms with Crippen LogP contribution in [0.2, 0.25) is 5.02 Å². The van der Waals surface area contributed by atoms with Crippen LogP contribution in [0.5, 0.6) is 5.75 Å². The second-order valence-corrected chi connectivity index (χ2v) is 7.35. The van der Waals surface area contributed by atoms with E-state index in [1.807, 2.05) is 66.7 Å². The van der Waals surface area contributed by atoms with Gasteiger partial charge in [0.2, 0.25) is 0 Å². The summed E-state index contributed by atoms with van der Waals surface area (Å²) < 4.78 is 7.13. The number of pyridine rings is 1. The summed E-state index contributed by atoms with van der Waals surface area (Å²) in [4.78, 5) is 16.6. The van der Waals surface area contributed by atoms with Crippen molar-refractivity contribution in [3.63, 3.8) is 0 Å². The number of anilines is 1. The molecule has 156 valence electrons. The van der Waals surface area contributed by atoms with Crippen LogP contribution in [0.3, 0.4) is 0 Å². The number of nitrogens with one attached hydrogen (secondary N) is 1. The predicted octanol–water partition coefficient (Wildman–Crippen LogP) is 4.53. The highest BCUT2D eigenvalue weighted by molar-refractivity contribution is 6.32. The highest BCUT2D eigenvalue weighted by Gasteiger charge is 2.10. The van der Waals surface area contributed by atoms with Crippen molar-refractivity contribution < 1.29 is 4.74 Å². The summed E-state index contributed by atoms with van der Waals surface area (Å²) in [5.41, 5.74) is 3.21. The van der Waals surface area contributed by atoms with Gasteiger partial charge in [0.15, 0.2) is 0 Å². The van der Waals surface area contributed by atoms with Crippen LogP contribution in [0.4, 0.5) is 5.69 Å². The molecule has 0 bridgehead atoms. The zero-order chi connectivity index (χ0) is 21.5. The Balaban J connectivity index is 1.35. The number of hydrogen-bond acceptors (Lipinski definition) is 5. The molecule has 0 amide bonds. The van der Waals surface area contributed by atoms with E-state index in [0.29, 0.717) is 25.4 Å². The third kappa shape index (κ3) is 5.49. The van der Waals surface area contributed by atoms with Gasteiger partial charge in [0.05, 0.1) is 18.4 Å². The molecular weight excluding hydrogens is 412 g/mol. The van der Waals surface area contributed by atoms with Crippen LogP contribution in [-0.4, -0.2) is 14.8 Å². The van der Waals surface area contributed by atoms with E-state index in [9.17, 15) is 4.79 Å². The normalized spacial score (nSPS) is 10.6. The maximum absolute atomic E-state index is 12.5. The van der Waals surface area contributed by atoms with E-state index < -0.39 is 0 Å². The number of hydrogen-bond donors (Lipinski definition) is 1. The van der Waals surface area contributed by atoms with Crippen molar-refractivity contribution in [2.45, 2.75) is 19.7 Å². The Morgan fingerprint density at radius 2 is 1.68 bits per heavy atom. The average Bonchev–Trinajstić information content (AvgIpc) is 2.82. The van der Waals surface area contributed by atoms with Gasteiger partial charge in [0.1, 0.15) is 17.4 Å². The first-order valence-corrected chi connectivity index (χ1v) is 10.2. The van der Waals surface area contributed by atoms with E-state index in [4.69, 9.17) is 16.3 Å². The van der Waals surface area contributed by atoms with Crippen LogP contribution in [0, 0.1) is 0 Å². The van der Waals surface area contributed by atoms with E-state index in [1.54, 1.807) is 18.6 Å². The van der Waals surface area contributed by atoms with Crippen LogP contribution in [0.1, 0.15) is 16.7 Å². The fourth-order valence-electron chi connectivity index (χ4n) is 3.01. The maximum atomic E-state index is 12.5. The Bertz CT molecular complexity index is 1180. The van der Waals surface area contributed by atoms with Gasteiger partial charge in [-0.25, -0.2) is 4.68 Å². The first-order chi connectivity index (χ1) is 15.2. The zero-order valence-electron chi connectivity index (χ0n) is 16.7. The fraction of sp³-hybridized carbons (Fsp3) is 0.125. The van der Waals surface area contributed by atoms with Crippen LogP contribution in [-0.2, 0) is 19.7 Å². The number of benzene rings is 2. The van der Waals surface area contributed by atoms with Crippen LogP contribution < -0.4 is 15.6 Å². The molecule has 2 heterocycles. The zero-order valence-corrected chi connectivity index (χ0v) is 17.5. The van der Waals surface area contributed by atoms with Crippen molar-refractivity contribution in [3.05, 3.63) is 117 Å². The molecule has 0 aliphatic carbocycles. The summed E-state index contributed by atoms with van der Waals surface area (Å²) in [6.45, 7) is 1.35. The van der Waals surface area contributed by atoms with Crippen LogP contribution in [0.25, 0.3) is 0 Å². The van der Waals surface area contributed by atoms with Crippen molar-refractivity contribution in [2.75, 3.05) is 5.32 Å². The topological polar surface area (TPSA) is 69.0 Å². The maximum Gasteiger partial charge on any atom is 0.287 e. The molecule has 31 heavy (non-hydrogen) atoms. The van der Waals surface area contributed by atoms with Gasteiger partial charge in [-0.3, -0.25) is 9.78 Å². The number of halogens is 1. The molecule has 7 heteroatoms. The monoisotopic (exact) mass is 432 g/mol. The minimum absolute atomic E-state index is 0.127. The Kier molecular flexibility index (Phi) is 6.59. The van der Waals surface area contributed by atoms with Gasteiger partial charge in [0, 0.05) is 24.5 Å². The van der Waals surface area contributed by atoms with E-state index >= 15 is 0 Å². The molecule has 0 aliphatic heterocycles. The smallest absolute Gasteiger partial charge is 0.287 e. The lowest BCUT2D eigenvalue weighted by molar-refractivity contribution is 0.305. The molecule has 2 aromatic carbocycles. The lowest BCUT2D eigenvalue weighted by Gasteiger charge is -2.11. The van der Waals surface area contributed by atoms with Crippen molar-refractivity contribution in [3.8, 4) is 5.75 Å². The second kappa shape index (κ2) is 9.91. The molecule has 0 radical (unpaired) electrons. The van der Waals surface area contributed by atoms with Crippen molar-refractivity contribution in [2.24, 2.45) is 0 Å². The van der Waals surface area contributed by atoms with Crippen molar-refractivity contribution >= 4 is 17.3 Å². The highest BCUT2D eigenvalue weighted by Crippen LogP contribution is 2.18. The SMILES string of the molecule is O=c1c(Cl)c(NCc2ccc(OCc3cccnc3)cc2)cnn1Cc1ccccc1. The standard InChI is InChI=1S/C24H21ClN4O2/c25-23-22(15-28-29(24(23)30)16-19-5-2-1-3-6-19)27-14-18-8-10-21(11-9-18)31-17-20-7-4-12-26-13-20/h1-13,15,27H,14,16-17H2. The molecule has 6 nitrogen and oxygen atoms in total. The third-order valence-corrected chi connectivity index (χ3v) is 5.06. The third-order valence-electron chi connectivity index (χ3n) is 4.69. The summed E-state index contributed by atoms with van der Waals surface area (Å²) in [7, 11) is 0. The number of aromatic nitrogens is 3. The first kappa shape index (κ1) is 20.6. The van der Waals surface area contributed by atoms with E-state index in [1.165, 1.54) is 4.68 Å². The molecule has 0 saturated heterocycles. The summed E-state index contributed by atoms with van der Waals surface area (Å²) in [5.74, 6) is 0.774. The summed E-state index contributed by atoms with van der Waals surface area (Å²) in [6.07, 6.45) is 5.10. The number of ether oxygens (including phenoxy) is 1. The summed E-state index contributed by atoms with van der Waals surface area (Å²) in [6, 6.07) is 21.3. The molecule has 2 aromatic heterocycles. The molecule has 0 saturated carbocycles. The first-order valence-electron chi connectivity index (χ1n) is 9.83. The lowest BCUT2D eigenvalue weighted by atomic mass is 10.2. The number of nitrogens with zero attached hydrogens (tertiary/aromatic N) is 3. The predicted molar refractivity (Wildman–Crippen MR) is 121 cm³/mol. The molecule has 1 N–H and O–H groups in total. The largest absolute Gasteiger partial charge is 0.489 e. The summed E-state index contributed by atoms with van der Waals surface area (Å²) >= 11 is 6.29. The van der Waals surface area contributed by atoms with Crippen LogP contribution >= 0.6 is 11.6 Å². The molecular formula is C24H21ClN4O2. The van der Waals surface area contributed by atoms with E-state index in [2.05, 4.69) is 15.4 Å². The average molecular weight is 433 g/mol. The van der Waals surface area contributed by atoms with E-state index in [-0.39, 0.29) is 10.6 Å². The molecule has 4 aromatic rings. The van der Waals surface area contributed by atoms with Crippen LogP contribution in [0.15, 0.2) is 90.1 Å². The van der Waals surface area contributed by atoms with Crippen molar-refractivity contribution in [1.82, 2.24) is 14.8 Å². The summed E-state index contributed by atoms with van der Waals surface area (Å²) in [5, 5.41) is 7.55. The Morgan fingerprint density at radius 3 is 2.42 bits per heavy atom. The highest BCUT2D eigenvalue weighted by atomic mass is 35.5. The second-order valence-electron chi connectivity index (χ2n) is 6.97. The minimum Gasteiger partial charge on any atom is -0.489 e. The van der Waals surface area contributed by atoms with Gasteiger partial charge in [-0.1, -0.05) is 60.1 Å². The van der Waals surface area contributed by atoms with Gasteiger partial charge < -0.3 is 10.1 Å². The molecule has 4 rings (SSSR count). The number of rotatable bonds is 8. The van der Waals surface area contributed by atoms with Gasteiger partial charge in [0.25, 0.3) is 5.56 Å². The Morgan fingerprint density at radius 1 is 0.903 bits per heavy atom.